The first-order valence-corrected chi connectivity index (χ1v) is 8.78. The van der Waals surface area contributed by atoms with Crippen molar-refractivity contribution in [2.45, 2.75) is 45.3 Å². The number of morpholine rings is 1. The number of rotatable bonds is 6. The fourth-order valence-corrected chi connectivity index (χ4v) is 3.14. The highest BCUT2D eigenvalue weighted by Crippen LogP contribution is 2.31. The van der Waals surface area contributed by atoms with Crippen LogP contribution in [0.25, 0.3) is 11.4 Å². The minimum Gasteiger partial charge on any atom is -0.372 e. The Kier molecular flexibility index (Phi) is 5.94. The number of nitrogens with zero attached hydrogens (tertiary/aromatic N) is 4. The molecule has 1 unspecified atom stereocenters. The summed E-state index contributed by atoms with van der Waals surface area (Å²) < 4.78 is 30.4. The highest BCUT2D eigenvalue weighted by Gasteiger charge is 2.24. The first kappa shape index (κ1) is 19.2. The lowest BCUT2D eigenvalue weighted by molar-refractivity contribution is -0.116. The third-order valence-corrected chi connectivity index (χ3v) is 4.24. The number of carbonyl (C=O) groups excluding carboxylic acids is 1. The Morgan fingerprint density at radius 2 is 2.11 bits per heavy atom. The summed E-state index contributed by atoms with van der Waals surface area (Å²) >= 11 is 0. The molecule has 1 aliphatic heterocycles. The lowest BCUT2D eigenvalue weighted by Gasteiger charge is -2.37. The topological polar surface area (TPSA) is 96.0 Å². The van der Waals surface area contributed by atoms with E-state index < -0.39 is 18.8 Å². The Morgan fingerprint density at radius 1 is 1.37 bits per heavy atom. The number of tetrazole rings is 1. The molecule has 3 rings (SSSR count). The van der Waals surface area contributed by atoms with Crippen LogP contribution in [0, 0.1) is 0 Å². The number of nitrogens with one attached hydrogen (secondary N) is 2. The maximum absolute atomic E-state index is 12.3. The first-order chi connectivity index (χ1) is 12.9. The summed E-state index contributed by atoms with van der Waals surface area (Å²) in [7, 11) is 0. The number of amides is 1. The van der Waals surface area contributed by atoms with Crippen LogP contribution in [0.5, 0.6) is 0 Å². The second-order valence-electron chi connectivity index (χ2n) is 6.61. The molecule has 0 bridgehead atoms. The SMILES string of the molecule is CC1CN(c2ccc(NC(=O)CCC(F)F)c(-c3nn[nH]n3)c2)C[C@H](C)O1. The predicted octanol–water partition coefficient (Wildman–Crippen LogP) is 2.46. The van der Waals surface area contributed by atoms with Crippen LogP contribution in [0.1, 0.15) is 26.7 Å². The van der Waals surface area contributed by atoms with Gasteiger partial charge in [0, 0.05) is 37.2 Å². The number of alkyl halides is 2. The number of benzene rings is 1. The van der Waals surface area contributed by atoms with Gasteiger partial charge in [0.25, 0.3) is 0 Å². The number of anilines is 2. The minimum atomic E-state index is -2.51. The van der Waals surface area contributed by atoms with E-state index in [4.69, 9.17) is 4.74 Å². The number of ether oxygens (including phenoxy) is 1. The van der Waals surface area contributed by atoms with Gasteiger partial charge >= 0.3 is 0 Å². The van der Waals surface area contributed by atoms with Crippen molar-refractivity contribution >= 4 is 17.3 Å². The van der Waals surface area contributed by atoms with E-state index in [-0.39, 0.29) is 18.6 Å². The molecule has 8 nitrogen and oxygen atoms in total. The molecule has 1 aromatic heterocycles. The van der Waals surface area contributed by atoms with E-state index in [2.05, 4.69) is 30.8 Å². The molecule has 27 heavy (non-hydrogen) atoms. The fraction of sp³-hybridized carbons (Fsp3) is 0.529. The maximum Gasteiger partial charge on any atom is 0.239 e. The minimum absolute atomic E-state index is 0.0936. The van der Waals surface area contributed by atoms with Gasteiger partial charge in [-0.2, -0.15) is 5.21 Å². The summed E-state index contributed by atoms with van der Waals surface area (Å²) in [6.45, 7) is 5.49. The molecule has 1 amide bonds. The molecule has 1 saturated heterocycles. The van der Waals surface area contributed by atoms with Gasteiger partial charge in [-0.25, -0.2) is 8.78 Å². The standard InChI is InChI=1S/C17H22F2N6O2/c1-10-8-25(9-11(2)27-10)12-3-4-14(20-16(26)6-5-15(18)19)13(7-12)17-21-23-24-22-17/h3-4,7,10-11,15H,5-6,8-9H2,1-2H3,(H,20,26)(H,21,22,23,24)/t10-,11?/m0/s1. The van der Waals surface area contributed by atoms with Crippen molar-refractivity contribution in [3.8, 4) is 11.4 Å². The van der Waals surface area contributed by atoms with E-state index >= 15 is 0 Å². The number of H-pyrrole nitrogens is 1. The van der Waals surface area contributed by atoms with Crippen molar-refractivity contribution in [2.75, 3.05) is 23.3 Å². The second kappa shape index (κ2) is 8.38. The molecule has 1 aromatic carbocycles. The van der Waals surface area contributed by atoms with Crippen molar-refractivity contribution < 1.29 is 18.3 Å². The highest BCUT2D eigenvalue weighted by molar-refractivity contribution is 5.95. The number of carbonyl (C=O) groups is 1. The summed E-state index contributed by atoms with van der Waals surface area (Å²) in [6.07, 6.45) is -3.07. The van der Waals surface area contributed by atoms with Gasteiger partial charge in [-0.05, 0) is 37.3 Å². The molecule has 2 atom stereocenters. The van der Waals surface area contributed by atoms with Crippen LogP contribution >= 0.6 is 0 Å². The largest absolute Gasteiger partial charge is 0.372 e. The van der Waals surface area contributed by atoms with E-state index in [9.17, 15) is 13.6 Å². The molecular formula is C17H22F2N6O2. The number of hydrogen-bond acceptors (Lipinski definition) is 6. The molecule has 2 N–H and O–H groups in total. The molecule has 146 valence electrons. The van der Waals surface area contributed by atoms with Crippen molar-refractivity contribution in [1.29, 1.82) is 0 Å². The van der Waals surface area contributed by atoms with Gasteiger partial charge in [0.2, 0.25) is 18.2 Å². The van der Waals surface area contributed by atoms with E-state index in [1.54, 1.807) is 6.07 Å². The molecule has 10 heteroatoms. The quantitative estimate of drug-likeness (QED) is 0.799. The van der Waals surface area contributed by atoms with Gasteiger partial charge < -0.3 is 15.0 Å². The number of aromatic nitrogens is 4. The van der Waals surface area contributed by atoms with E-state index in [0.29, 0.717) is 17.1 Å². The Morgan fingerprint density at radius 3 is 2.74 bits per heavy atom. The van der Waals surface area contributed by atoms with Gasteiger partial charge in [0.15, 0.2) is 0 Å². The third-order valence-electron chi connectivity index (χ3n) is 4.24. The molecular weight excluding hydrogens is 358 g/mol. The lowest BCUT2D eigenvalue weighted by atomic mass is 10.1. The van der Waals surface area contributed by atoms with Crippen LogP contribution in [0.15, 0.2) is 18.2 Å². The van der Waals surface area contributed by atoms with Crippen LogP contribution < -0.4 is 10.2 Å². The Balaban J connectivity index is 1.85. The molecule has 1 fully saturated rings. The highest BCUT2D eigenvalue weighted by atomic mass is 19.3. The third kappa shape index (κ3) is 4.97. The monoisotopic (exact) mass is 380 g/mol. The first-order valence-electron chi connectivity index (χ1n) is 8.78. The number of halogens is 2. The maximum atomic E-state index is 12.3. The van der Waals surface area contributed by atoms with Crippen LogP contribution in [-0.2, 0) is 9.53 Å². The van der Waals surface area contributed by atoms with Crippen molar-refractivity contribution in [3.63, 3.8) is 0 Å². The fourth-order valence-electron chi connectivity index (χ4n) is 3.14. The van der Waals surface area contributed by atoms with Crippen LogP contribution in [-0.4, -0.2) is 58.3 Å². The van der Waals surface area contributed by atoms with Crippen molar-refractivity contribution in [3.05, 3.63) is 18.2 Å². The molecule has 0 aliphatic carbocycles. The second-order valence-corrected chi connectivity index (χ2v) is 6.61. The Hall–Kier alpha value is -2.62. The summed E-state index contributed by atoms with van der Waals surface area (Å²) in [6, 6.07) is 5.46. The Bertz CT molecular complexity index is 761. The van der Waals surface area contributed by atoms with Crippen molar-refractivity contribution in [1.82, 2.24) is 20.6 Å². The average Bonchev–Trinajstić information content (AvgIpc) is 3.14. The van der Waals surface area contributed by atoms with Gasteiger partial charge in [-0.3, -0.25) is 4.79 Å². The molecule has 0 spiro atoms. The lowest BCUT2D eigenvalue weighted by Crippen LogP contribution is -2.45. The normalized spacial score (nSPS) is 20.1. The molecule has 0 radical (unpaired) electrons. The summed E-state index contributed by atoms with van der Waals surface area (Å²) in [5, 5.41) is 16.6. The summed E-state index contributed by atoms with van der Waals surface area (Å²) in [4.78, 5) is 14.2. The predicted molar refractivity (Wildman–Crippen MR) is 95.7 cm³/mol. The van der Waals surface area contributed by atoms with Crippen LogP contribution in [0.2, 0.25) is 0 Å². The number of aromatic amines is 1. The summed E-state index contributed by atoms with van der Waals surface area (Å²) in [5.74, 6) is -0.170. The van der Waals surface area contributed by atoms with Crippen LogP contribution in [0.4, 0.5) is 20.2 Å². The van der Waals surface area contributed by atoms with E-state index in [0.717, 1.165) is 18.8 Å². The smallest absolute Gasteiger partial charge is 0.239 e. The van der Waals surface area contributed by atoms with E-state index in [1.165, 1.54) is 0 Å². The van der Waals surface area contributed by atoms with Gasteiger partial charge in [0.1, 0.15) is 0 Å². The summed E-state index contributed by atoms with van der Waals surface area (Å²) in [5.41, 5.74) is 1.95. The molecule has 1 aliphatic rings. The zero-order valence-electron chi connectivity index (χ0n) is 15.2. The van der Waals surface area contributed by atoms with Gasteiger partial charge in [-0.1, -0.05) is 0 Å². The van der Waals surface area contributed by atoms with Crippen LogP contribution in [0.3, 0.4) is 0 Å². The molecule has 2 heterocycles. The Labute approximate surface area is 155 Å². The zero-order chi connectivity index (χ0) is 19.4. The number of hydrogen-bond donors (Lipinski definition) is 2. The molecule has 0 saturated carbocycles. The average molecular weight is 380 g/mol. The van der Waals surface area contributed by atoms with Gasteiger partial charge in [0.05, 0.1) is 17.9 Å². The van der Waals surface area contributed by atoms with Gasteiger partial charge in [-0.15, -0.1) is 10.2 Å². The van der Waals surface area contributed by atoms with E-state index in [1.807, 2.05) is 26.0 Å². The zero-order valence-corrected chi connectivity index (χ0v) is 15.2. The van der Waals surface area contributed by atoms with Crippen molar-refractivity contribution in [2.24, 2.45) is 0 Å². The molecule has 2 aromatic rings.